The summed E-state index contributed by atoms with van der Waals surface area (Å²) in [5.41, 5.74) is -1.08. The van der Waals surface area contributed by atoms with Gasteiger partial charge in [0.1, 0.15) is 0 Å². The van der Waals surface area contributed by atoms with Crippen LogP contribution in [0, 0.1) is 11.3 Å². The van der Waals surface area contributed by atoms with Gasteiger partial charge in [-0.15, -0.1) is 0 Å². The van der Waals surface area contributed by atoms with Gasteiger partial charge in [-0.2, -0.15) is 0 Å². The van der Waals surface area contributed by atoms with Crippen LogP contribution in [-0.2, 0) is 19.1 Å². The first-order chi connectivity index (χ1) is 8.63. The van der Waals surface area contributed by atoms with Gasteiger partial charge in [0, 0.05) is 0 Å². The molecule has 0 aromatic carbocycles. The molecule has 1 aliphatic carbocycles. The molecule has 1 rings (SSSR count). The van der Waals surface area contributed by atoms with Crippen LogP contribution in [0.2, 0.25) is 0 Å². The minimum atomic E-state index is -1.08. The highest BCUT2D eigenvalue weighted by atomic mass is 16.5. The zero-order valence-corrected chi connectivity index (χ0v) is 11.7. The van der Waals surface area contributed by atoms with Crippen molar-refractivity contribution in [1.29, 1.82) is 0 Å². The molecule has 0 spiro atoms. The molecule has 0 N–H and O–H groups in total. The van der Waals surface area contributed by atoms with Gasteiger partial charge < -0.3 is 9.47 Å². The minimum Gasteiger partial charge on any atom is -0.468 e. The molecule has 0 amide bonds. The van der Waals surface area contributed by atoms with Gasteiger partial charge in [0.15, 0.2) is 5.41 Å². The molecule has 0 radical (unpaired) electrons. The van der Waals surface area contributed by atoms with Crippen molar-refractivity contribution in [2.45, 2.75) is 51.9 Å². The molecule has 0 aromatic heterocycles. The van der Waals surface area contributed by atoms with Crippen LogP contribution in [0.3, 0.4) is 0 Å². The van der Waals surface area contributed by atoms with Crippen LogP contribution in [0.15, 0.2) is 0 Å². The standard InChI is InChI=1S/C14H24O4/c1-4-10-14(12(15)17-2,13(16)18-3)11-8-6-5-7-9-11/h11H,4-10H2,1-3H3. The predicted octanol–water partition coefficient (Wildman–Crippen LogP) is 2.70. The van der Waals surface area contributed by atoms with Gasteiger partial charge in [0.2, 0.25) is 0 Å². The first kappa shape index (κ1) is 15.0. The van der Waals surface area contributed by atoms with E-state index in [1.54, 1.807) is 0 Å². The van der Waals surface area contributed by atoms with E-state index in [0.717, 1.165) is 32.1 Å². The predicted molar refractivity (Wildman–Crippen MR) is 67.9 cm³/mol. The molecule has 4 heteroatoms. The van der Waals surface area contributed by atoms with E-state index in [1.807, 2.05) is 6.92 Å². The molecule has 0 aromatic rings. The van der Waals surface area contributed by atoms with Crippen LogP contribution in [0.1, 0.15) is 51.9 Å². The summed E-state index contributed by atoms with van der Waals surface area (Å²) in [6.07, 6.45) is 6.42. The molecular weight excluding hydrogens is 232 g/mol. The fraction of sp³-hybridized carbons (Fsp3) is 0.857. The molecule has 0 bridgehead atoms. The molecule has 0 aliphatic heterocycles. The fourth-order valence-corrected chi connectivity index (χ4v) is 3.18. The fourth-order valence-electron chi connectivity index (χ4n) is 3.18. The highest BCUT2D eigenvalue weighted by Gasteiger charge is 2.53. The van der Waals surface area contributed by atoms with Crippen molar-refractivity contribution in [3.05, 3.63) is 0 Å². The van der Waals surface area contributed by atoms with Crippen molar-refractivity contribution in [3.8, 4) is 0 Å². The quantitative estimate of drug-likeness (QED) is 0.560. The van der Waals surface area contributed by atoms with Gasteiger partial charge >= 0.3 is 11.9 Å². The van der Waals surface area contributed by atoms with E-state index >= 15 is 0 Å². The van der Waals surface area contributed by atoms with Crippen LogP contribution in [-0.4, -0.2) is 26.2 Å². The Morgan fingerprint density at radius 2 is 1.56 bits per heavy atom. The zero-order valence-electron chi connectivity index (χ0n) is 11.7. The largest absolute Gasteiger partial charge is 0.468 e. The first-order valence-corrected chi connectivity index (χ1v) is 6.80. The van der Waals surface area contributed by atoms with E-state index in [1.165, 1.54) is 20.6 Å². The molecule has 1 fully saturated rings. The Hall–Kier alpha value is -1.06. The number of ether oxygens (including phenoxy) is 2. The Kier molecular flexibility index (Phi) is 5.63. The van der Waals surface area contributed by atoms with E-state index in [9.17, 15) is 9.59 Å². The lowest BCUT2D eigenvalue weighted by atomic mass is 9.66. The Morgan fingerprint density at radius 3 is 1.94 bits per heavy atom. The van der Waals surface area contributed by atoms with Crippen molar-refractivity contribution >= 4 is 11.9 Å². The summed E-state index contributed by atoms with van der Waals surface area (Å²) in [6.45, 7) is 1.98. The third-order valence-corrected chi connectivity index (χ3v) is 4.05. The highest BCUT2D eigenvalue weighted by molar-refractivity contribution is 6.00. The van der Waals surface area contributed by atoms with Crippen molar-refractivity contribution in [3.63, 3.8) is 0 Å². The molecule has 0 saturated heterocycles. The maximum absolute atomic E-state index is 12.2. The molecule has 4 nitrogen and oxygen atoms in total. The number of hydrogen-bond donors (Lipinski definition) is 0. The topological polar surface area (TPSA) is 52.6 Å². The average molecular weight is 256 g/mol. The first-order valence-electron chi connectivity index (χ1n) is 6.80. The highest BCUT2D eigenvalue weighted by Crippen LogP contribution is 2.43. The van der Waals surface area contributed by atoms with E-state index in [-0.39, 0.29) is 5.92 Å². The molecule has 0 atom stereocenters. The van der Waals surface area contributed by atoms with Crippen LogP contribution in [0.4, 0.5) is 0 Å². The summed E-state index contributed by atoms with van der Waals surface area (Å²) in [5.74, 6) is -0.794. The normalized spacial score (nSPS) is 17.3. The Labute approximate surface area is 109 Å². The van der Waals surface area contributed by atoms with Gasteiger partial charge in [-0.25, -0.2) is 0 Å². The number of hydrogen-bond acceptors (Lipinski definition) is 4. The second-order valence-electron chi connectivity index (χ2n) is 5.04. The second-order valence-corrected chi connectivity index (χ2v) is 5.04. The van der Waals surface area contributed by atoms with Crippen LogP contribution in [0.25, 0.3) is 0 Å². The summed E-state index contributed by atoms with van der Waals surface area (Å²) in [6, 6.07) is 0. The van der Waals surface area contributed by atoms with Gasteiger partial charge in [0.05, 0.1) is 14.2 Å². The summed E-state index contributed by atoms with van der Waals surface area (Å²) < 4.78 is 9.81. The summed E-state index contributed by atoms with van der Waals surface area (Å²) in [5, 5.41) is 0. The van der Waals surface area contributed by atoms with Gasteiger partial charge in [0.25, 0.3) is 0 Å². The molecule has 18 heavy (non-hydrogen) atoms. The van der Waals surface area contributed by atoms with Crippen LogP contribution in [0.5, 0.6) is 0 Å². The molecule has 0 unspecified atom stereocenters. The van der Waals surface area contributed by atoms with Crippen molar-refractivity contribution in [2.75, 3.05) is 14.2 Å². The number of rotatable bonds is 5. The lowest BCUT2D eigenvalue weighted by molar-refractivity contribution is -0.176. The molecule has 1 saturated carbocycles. The molecular formula is C14H24O4. The van der Waals surface area contributed by atoms with Gasteiger partial charge in [-0.3, -0.25) is 9.59 Å². The minimum absolute atomic E-state index is 0.0612. The lowest BCUT2D eigenvalue weighted by Gasteiger charge is -2.37. The Bertz CT molecular complexity index is 276. The molecule has 1 aliphatic rings. The zero-order chi connectivity index (χ0) is 13.6. The van der Waals surface area contributed by atoms with Crippen molar-refractivity contribution < 1.29 is 19.1 Å². The van der Waals surface area contributed by atoms with Crippen LogP contribution < -0.4 is 0 Å². The van der Waals surface area contributed by atoms with Crippen LogP contribution >= 0.6 is 0 Å². The van der Waals surface area contributed by atoms with Gasteiger partial charge in [-0.1, -0.05) is 32.6 Å². The van der Waals surface area contributed by atoms with E-state index < -0.39 is 17.4 Å². The maximum atomic E-state index is 12.2. The smallest absolute Gasteiger partial charge is 0.323 e. The Morgan fingerprint density at radius 1 is 1.06 bits per heavy atom. The van der Waals surface area contributed by atoms with E-state index in [2.05, 4.69) is 0 Å². The molecule has 104 valence electrons. The summed E-state index contributed by atoms with van der Waals surface area (Å²) in [7, 11) is 2.69. The maximum Gasteiger partial charge on any atom is 0.323 e. The van der Waals surface area contributed by atoms with Gasteiger partial charge in [-0.05, 0) is 25.2 Å². The SMILES string of the molecule is CCCC(C(=O)OC)(C(=O)OC)C1CCCCC1. The third kappa shape index (κ3) is 2.68. The number of carbonyl (C=O) groups excluding carboxylic acids is 2. The molecule has 0 heterocycles. The lowest BCUT2D eigenvalue weighted by Crippen LogP contribution is -2.47. The average Bonchev–Trinajstić information content (AvgIpc) is 2.44. The number of esters is 2. The third-order valence-electron chi connectivity index (χ3n) is 4.05. The van der Waals surface area contributed by atoms with Crippen molar-refractivity contribution in [1.82, 2.24) is 0 Å². The summed E-state index contributed by atoms with van der Waals surface area (Å²) >= 11 is 0. The van der Waals surface area contributed by atoms with Crippen molar-refractivity contribution in [2.24, 2.45) is 11.3 Å². The van der Waals surface area contributed by atoms with E-state index in [4.69, 9.17) is 9.47 Å². The number of methoxy groups -OCH3 is 2. The summed E-state index contributed by atoms with van der Waals surface area (Å²) in [4.78, 5) is 24.4. The second kappa shape index (κ2) is 6.76. The Balaban J connectivity index is 3.09. The monoisotopic (exact) mass is 256 g/mol. The number of carbonyl (C=O) groups is 2. The van der Waals surface area contributed by atoms with E-state index in [0.29, 0.717) is 6.42 Å².